The Bertz CT molecular complexity index is 217. The van der Waals surface area contributed by atoms with Crippen molar-refractivity contribution in [2.75, 3.05) is 13.1 Å². The Kier molecular flexibility index (Phi) is 7.95. The van der Waals surface area contributed by atoms with E-state index in [4.69, 9.17) is 0 Å². The van der Waals surface area contributed by atoms with Crippen LogP contribution in [0.1, 0.15) is 39.5 Å². The number of hydrogen-bond acceptors (Lipinski definition) is 2. The van der Waals surface area contributed by atoms with Crippen molar-refractivity contribution in [3.8, 4) is 0 Å². The van der Waals surface area contributed by atoms with Crippen LogP contribution in [0.5, 0.6) is 0 Å². The van der Waals surface area contributed by atoms with Crippen LogP contribution in [0.3, 0.4) is 0 Å². The normalized spacial score (nSPS) is 11.9. The molecule has 0 fully saturated rings. The first-order valence-electron chi connectivity index (χ1n) is 5.92. The third-order valence-electron chi connectivity index (χ3n) is 2.20. The lowest BCUT2D eigenvalue weighted by Gasteiger charge is -2.08. The Hall–Kier alpha value is -0.780. The average Bonchev–Trinajstić information content (AvgIpc) is 2.19. The molecule has 0 saturated carbocycles. The molecule has 6 heteroatoms. The summed E-state index contributed by atoms with van der Waals surface area (Å²) in [5, 5.41) is 5.11. The Balaban J connectivity index is 3.27. The molecule has 0 aliphatic rings. The summed E-state index contributed by atoms with van der Waals surface area (Å²) in [6.45, 7) is 5.14. The fourth-order valence-corrected chi connectivity index (χ4v) is 1.30. The minimum atomic E-state index is -4.76. The van der Waals surface area contributed by atoms with Crippen LogP contribution >= 0.6 is 0 Å². The predicted octanol–water partition coefficient (Wildman–Crippen LogP) is 2.22. The van der Waals surface area contributed by atoms with Gasteiger partial charge in [0, 0.05) is 12.6 Å². The van der Waals surface area contributed by atoms with E-state index in [1.807, 2.05) is 5.32 Å². The molecule has 0 aliphatic heterocycles. The van der Waals surface area contributed by atoms with E-state index in [1.54, 1.807) is 0 Å². The summed E-state index contributed by atoms with van der Waals surface area (Å²) in [6, 6.07) is 0.459. The van der Waals surface area contributed by atoms with E-state index in [0.29, 0.717) is 12.5 Å². The predicted molar refractivity (Wildman–Crippen MR) is 60.7 cm³/mol. The molecule has 0 aromatic carbocycles. The standard InChI is InChI=1S/C11H21F3N2O/c1-9(2)15-7-5-3-4-6-8-16-10(17)11(12,13)14/h9,15H,3-8H2,1-2H3,(H,16,17). The summed E-state index contributed by atoms with van der Waals surface area (Å²) in [4.78, 5) is 10.4. The smallest absolute Gasteiger partial charge is 0.348 e. The van der Waals surface area contributed by atoms with E-state index < -0.39 is 12.1 Å². The first kappa shape index (κ1) is 16.2. The zero-order valence-corrected chi connectivity index (χ0v) is 10.4. The number of nitrogens with one attached hydrogen (secondary N) is 2. The summed E-state index contributed by atoms with van der Waals surface area (Å²) >= 11 is 0. The summed E-state index contributed by atoms with van der Waals surface area (Å²) < 4.78 is 35.3. The Morgan fingerprint density at radius 3 is 2.06 bits per heavy atom. The van der Waals surface area contributed by atoms with Gasteiger partial charge >= 0.3 is 12.1 Å². The molecule has 102 valence electrons. The van der Waals surface area contributed by atoms with E-state index in [9.17, 15) is 18.0 Å². The number of halogens is 3. The van der Waals surface area contributed by atoms with Crippen molar-refractivity contribution in [1.82, 2.24) is 10.6 Å². The van der Waals surface area contributed by atoms with Crippen molar-refractivity contribution in [2.24, 2.45) is 0 Å². The maximum absolute atomic E-state index is 11.8. The first-order valence-corrected chi connectivity index (χ1v) is 5.92. The van der Waals surface area contributed by atoms with Crippen molar-refractivity contribution < 1.29 is 18.0 Å². The van der Waals surface area contributed by atoms with Gasteiger partial charge in [0.05, 0.1) is 0 Å². The topological polar surface area (TPSA) is 41.1 Å². The Labute approximate surface area is 100 Å². The number of alkyl halides is 3. The quantitative estimate of drug-likeness (QED) is 0.652. The van der Waals surface area contributed by atoms with Gasteiger partial charge in [-0.3, -0.25) is 4.79 Å². The highest BCUT2D eigenvalue weighted by molar-refractivity contribution is 5.81. The van der Waals surface area contributed by atoms with Gasteiger partial charge in [0.25, 0.3) is 0 Å². The lowest BCUT2D eigenvalue weighted by Crippen LogP contribution is -2.37. The number of hydrogen-bond donors (Lipinski definition) is 2. The minimum absolute atomic E-state index is 0.0932. The highest BCUT2D eigenvalue weighted by atomic mass is 19.4. The van der Waals surface area contributed by atoms with Crippen LogP contribution in [-0.4, -0.2) is 31.2 Å². The SMILES string of the molecule is CC(C)NCCCCCCNC(=O)C(F)(F)F. The third kappa shape index (κ3) is 10.1. The number of unbranched alkanes of at least 4 members (excludes halogenated alkanes) is 3. The second kappa shape index (κ2) is 8.33. The fraction of sp³-hybridized carbons (Fsp3) is 0.909. The average molecular weight is 254 g/mol. The van der Waals surface area contributed by atoms with Crippen molar-refractivity contribution >= 4 is 5.91 Å². The molecule has 0 aliphatic carbocycles. The van der Waals surface area contributed by atoms with Crippen LogP contribution in [0.4, 0.5) is 13.2 Å². The summed E-state index contributed by atoms with van der Waals surface area (Å²) in [5.41, 5.74) is 0. The maximum atomic E-state index is 11.8. The monoisotopic (exact) mass is 254 g/mol. The van der Waals surface area contributed by atoms with Gasteiger partial charge in [-0.2, -0.15) is 13.2 Å². The van der Waals surface area contributed by atoms with Crippen molar-refractivity contribution in [2.45, 2.75) is 51.7 Å². The molecule has 0 radical (unpaired) electrons. The molecule has 0 aromatic heterocycles. The van der Waals surface area contributed by atoms with Crippen LogP contribution in [0.2, 0.25) is 0 Å². The van der Waals surface area contributed by atoms with Gasteiger partial charge in [-0.25, -0.2) is 0 Å². The largest absolute Gasteiger partial charge is 0.471 e. The molecule has 3 nitrogen and oxygen atoms in total. The molecule has 0 heterocycles. The van der Waals surface area contributed by atoms with E-state index in [1.165, 1.54) is 0 Å². The van der Waals surface area contributed by atoms with Crippen LogP contribution < -0.4 is 10.6 Å². The second-order valence-electron chi connectivity index (χ2n) is 4.28. The Morgan fingerprint density at radius 1 is 1.06 bits per heavy atom. The van der Waals surface area contributed by atoms with Crippen LogP contribution in [0.25, 0.3) is 0 Å². The number of amides is 1. The number of rotatable bonds is 8. The molecule has 0 saturated heterocycles. The second-order valence-corrected chi connectivity index (χ2v) is 4.28. The number of carbonyl (C=O) groups is 1. The van der Waals surface area contributed by atoms with Gasteiger partial charge in [0.15, 0.2) is 0 Å². The Morgan fingerprint density at radius 2 is 1.59 bits per heavy atom. The zero-order chi connectivity index (χ0) is 13.3. The molecule has 0 bridgehead atoms. The van der Waals surface area contributed by atoms with E-state index in [-0.39, 0.29) is 6.54 Å². The van der Waals surface area contributed by atoms with Gasteiger partial charge in [-0.15, -0.1) is 0 Å². The van der Waals surface area contributed by atoms with Gasteiger partial charge in [0.1, 0.15) is 0 Å². The lowest BCUT2D eigenvalue weighted by atomic mass is 10.2. The van der Waals surface area contributed by atoms with Crippen molar-refractivity contribution in [3.05, 3.63) is 0 Å². The fourth-order valence-electron chi connectivity index (χ4n) is 1.30. The molecule has 0 spiro atoms. The molecule has 0 unspecified atom stereocenters. The number of carbonyl (C=O) groups excluding carboxylic acids is 1. The molecule has 0 atom stereocenters. The molecular formula is C11H21F3N2O. The molecule has 1 amide bonds. The van der Waals surface area contributed by atoms with E-state index in [2.05, 4.69) is 19.2 Å². The summed E-state index contributed by atoms with van der Waals surface area (Å²) in [6.07, 6.45) is -1.38. The summed E-state index contributed by atoms with van der Waals surface area (Å²) in [5.74, 6) is -1.85. The first-order chi connectivity index (χ1) is 7.84. The van der Waals surface area contributed by atoms with Gasteiger partial charge in [0.2, 0.25) is 0 Å². The van der Waals surface area contributed by atoms with Gasteiger partial charge < -0.3 is 10.6 Å². The van der Waals surface area contributed by atoms with E-state index >= 15 is 0 Å². The van der Waals surface area contributed by atoms with Gasteiger partial charge in [-0.1, -0.05) is 26.7 Å². The molecule has 0 aromatic rings. The third-order valence-corrected chi connectivity index (χ3v) is 2.20. The minimum Gasteiger partial charge on any atom is -0.348 e. The van der Waals surface area contributed by atoms with Crippen LogP contribution in [-0.2, 0) is 4.79 Å². The van der Waals surface area contributed by atoms with Gasteiger partial charge in [-0.05, 0) is 19.4 Å². The highest BCUT2D eigenvalue weighted by Crippen LogP contribution is 2.13. The molecule has 17 heavy (non-hydrogen) atoms. The van der Waals surface area contributed by atoms with Crippen molar-refractivity contribution in [3.63, 3.8) is 0 Å². The van der Waals surface area contributed by atoms with Crippen LogP contribution in [0.15, 0.2) is 0 Å². The molecular weight excluding hydrogens is 233 g/mol. The zero-order valence-electron chi connectivity index (χ0n) is 10.4. The lowest BCUT2D eigenvalue weighted by molar-refractivity contribution is -0.173. The van der Waals surface area contributed by atoms with E-state index in [0.717, 1.165) is 25.8 Å². The van der Waals surface area contributed by atoms with Crippen molar-refractivity contribution in [1.29, 1.82) is 0 Å². The molecule has 2 N–H and O–H groups in total. The van der Waals surface area contributed by atoms with Crippen LogP contribution in [0, 0.1) is 0 Å². The molecule has 0 rings (SSSR count). The summed E-state index contributed by atoms with van der Waals surface area (Å²) in [7, 11) is 0. The highest BCUT2D eigenvalue weighted by Gasteiger charge is 2.38. The maximum Gasteiger partial charge on any atom is 0.471 e.